The van der Waals surface area contributed by atoms with Gasteiger partial charge in [-0.1, -0.05) is 36.6 Å². The van der Waals surface area contributed by atoms with E-state index in [1.54, 1.807) is 6.20 Å². The zero-order valence-electron chi connectivity index (χ0n) is 16.7. The molecule has 7 nitrogen and oxygen atoms in total. The van der Waals surface area contributed by atoms with Gasteiger partial charge in [-0.2, -0.15) is 0 Å². The maximum Gasteiger partial charge on any atom is 0.325 e. The number of carbonyl (C=O) groups excluding carboxylic acids is 3. The average Bonchev–Trinajstić information content (AvgIpc) is 3.39. The summed E-state index contributed by atoms with van der Waals surface area (Å²) in [7, 11) is 0. The van der Waals surface area contributed by atoms with Crippen LogP contribution in [0.1, 0.15) is 48.1 Å². The smallest absolute Gasteiger partial charge is 0.323 e. The van der Waals surface area contributed by atoms with Crippen LogP contribution in [0.15, 0.2) is 24.4 Å². The number of nitrogens with one attached hydrogen (secondary N) is 2. The van der Waals surface area contributed by atoms with E-state index in [2.05, 4.69) is 15.6 Å². The summed E-state index contributed by atoms with van der Waals surface area (Å²) in [5.41, 5.74) is 1.37. The highest BCUT2D eigenvalue weighted by Crippen LogP contribution is 2.35. The lowest BCUT2D eigenvalue weighted by atomic mass is 9.98. The Morgan fingerprint density at radius 1 is 1.33 bits per heavy atom. The molecule has 0 unspecified atom stereocenters. The first kappa shape index (κ1) is 20.8. The standard InChI is InChI=1S/C21H23ClN4O3S/c1-13-4-5-14(11-16(13)22)10-15-12-23-19(30-15)24-17(27)6-9-26-18(28)21(25-20(26)29)7-2-3-8-21/h4-5,11-12H,2-3,6-10H2,1H3,(H,25,29)(H,23,24,27). The summed E-state index contributed by atoms with van der Waals surface area (Å²) in [6.07, 6.45) is 5.66. The number of imide groups is 1. The molecule has 0 bridgehead atoms. The van der Waals surface area contributed by atoms with Crippen molar-refractivity contribution in [1.82, 2.24) is 15.2 Å². The average molecular weight is 447 g/mol. The van der Waals surface area contributed by atoms with E-state index in [0.29, 0.717) is 24.4 Å². The fourth-order valence-corrected chi connectivity index (χ4v) is 5.05. The Bertz CT molecular complexity index is 1000. The van der Waals surface area contributed by atoms with Crippen LogP contribution in [-0.2, 0) is 16.0 Å². The summed E-state index contributed by atoms with van der Waals surface area (Å²) in [4.78, 5) is 43.5. The number of rotatable bonds is 6. The Morgan fingerprint density at radius 3 is 2.83 bits per heavy atom. The number of hydrogen-bond donors (Lipinski definition) is 2. The number of halogens is 1. The van der Waals surface area contributed by atoms with Crippen molar-refractivity contribution in [2.75, 3.05) is 11.9 Å². The number of aromatic nitrogens is 1. The quantitative estimate of drug-likeness (QED) is 0.658. The number of nitrogens with zero attached hydrogens (tertiary/aromatic N) is 2. The minimum absolute atomic E-state index is 0.0394. The molecule has 2 aliphatic rings. The zero-order valence-corrected chi connectivity index (χ0v) is 18.2. The summed E-state index contributed by atoms with van der Waals surface area (Å²) in [5.74, 6) is -0.478. The second kappa shape index (κ2) is 8.35. The van der Waals surface area contributed by atoms with Gasteiger partial charge in [0.25, 0.3) is 5.91 Å². The third kappa shape index (κ3) is 4.20. The van der Waals surface area contributed by atoms with E-state index in [4.69, 9.17) is 11.6 Å². The fraction of sp³-hybridized carbons (Fsp3) is 0.429. The molecule has 2 aromatic rings. The number of hydrogen-bond acceptors (Lipinski definition) is 5. The second-order valence-electron chi connectivity index (χ2n) is 7.87. The first-order valence-electron chi connectivity index (χ1n) is 10.00. The van der Waals surface area contributed by atoms with Gasteiger partial charge in [0.1, 0.15) is 5.54 Å². The molecule has 2 fully saturated rings. The van der Waals surface area contributed by atoms with E-state index in [1.807, 2.05) is 25.1 Å². The Labute approximate surface area is 183 Å². The van der Waals surface area contributed by atoms with E-state index in [-0.39, 0.29) is 24.8 Å². The van der Waals surface area contributed by atoms with Gasteiger partial charge in [0.05, 0.1) is 0 Å². The number of urea groups is 1. The minimum Gasteiger partial charge on any atom is -0.323 e. The van der Waals surface area contributed by atoms with Gasteiger partial charge in [-0.15, -0.1) is 11.3 Å². The van der Waals surface area contributed by atoms with E-state index in [9.17, 15) is 14.4 Å². The van der Waals surface area contributed by atoms with Gasteiger partial charge < -0.3 is 10.6 Å². The molecule has 2 N–H and O–H groups in total. The molecular formula is C21H23ClN4O3S. The van der Waals surface area contributed by atoms with Crippen molar-refractivity contribution < 1.29 is 14.4 Å². The van der Waals surface area contributed by atoms with Gasteiger partial charge in [-0.05, 0) is 37.0 Å². The molecule has 9 heteroatoms. The number of thiazole rings is 1. The molecule has 1 aromatic carbocycles. The number of amides is 4. The lowest BCUT2D eigenvalue weighted by Crippen LogP contribution is -2.44. The van der Waals surface area contributed by atoms with E-state index in [1.165, 1.54) is 16.2 Å². The molecule has 1 saturated carbocycles. The monoisotopic (exact) mass is 446 g/mol. The van der Waals surface area contributed by atoms with Crippen LogP contribution in [0.3, 0.4) is 0 Å². The van der Waals surface area contributed by atoms with Crippen molar-refractivity contribution in [2.45, 2.75) is 51.0 Å². The molecule has 30 heavy (non-hydrogen) atoms. The SMILES string of the molecule is Cc1ccc(Cc2cnc(NC(=O)CCN3C(=O)NC4(CCCC4)C3=O)s2)cc1Cl. The summed E-state index contributed by atoms with van der Waals surface area (Å²) >= 11 is 7.57. The number of anilines is 1. The van der Waals surface area contributed by atoms with Crippen molar-refractivity contribution in [3.05, 3.63) is 45.4 Å². The van der Waals surface area contributed by atoms with Crippen LogP contribution in [0.5, 0.6) is 0 Å². The van der Waals surface area contributed by atoms with Crippen molar-refractivity contribution >= 4 is 45.9 Å². The molecule has 1 spiro atoms. The molecular weight excluding hydrogens is 424 g/mol. The maximum atomic E-state index is 12.6. The van der Waals surface area contributed by atoms with Gasteiger partial charge in [0.15, 0.2) is 5.13 Å². The Hall–Kier alpha value is -2.45. The van der Waals surface area contributed by atoms with Crippen LogP contribution in [0.4, 0.5) is 9.93 Å². The molecule has 0 radical (unpaired) electrons. The molecule has 4 rings (SSSR count). The summed E-state index contributed by atoms with van der Waals surface area (Å²) < 4.78 is 0. The third-order valence-corrected chi connectivity index (χ3v) is 7.00. The molecule has 2 heterocycles. The Morgan fingerprint density at radius 2 is 2.10 bits per heavy atom. The molecule has 1 saturated heterocycles. The highest BCUT2D eigenvalue weighted by atomic mass is 35.5. The van der Waals surface area contributed by atoms with Gasteiger partial charge in [-0.25, -0.2) is 9.78 Å². The number of carbonyl (C=O) groups is 3. The minimum atomic E-state index is -0.739. The number of aryl methyl sites for hydroxylation is 1. The maximum absolute atomic E-state index is 12.6. The lowest BCUT2D eigenvalue weighted by molar-refractivity contribution is -0.131. The number of benzene rings is 1. The van der Waals surface area contributed by atoms with E-state index < -0.39 is 11.6 Å². The van der Waals surface area contributed by atoms with Crippen LogP contribution in [0.25, 0.3) is 0 Å². The van der Waals surface area contributed by atoms with Crippen LogP contribution in [-0.4, -0.2) is 39.8 Å². The third-order valence-electron chi connectivity index (χ3n) is 5.68. The largest absolute Gasteiger partial charge is 0.325 e. The first-order valence-corrected chi connectivity index (χ1v) is 11.2. The van der Waals surface area contributed by atoms with Crippen molar-refractivity contribution in [2.24, 2.45) is 0 Å². The fourth-order valence-electron chi connectivity index (χ4n) is 3.99. The normalized spacial score (nSPS) is 17.6. The lowest BCUT2D eigenvalue weighted by Gasteiger charge is -2.19. The summed E-state index contributed by atoms with van der Waals surface area (Å²) in [6.45, 7) is 2.03. The molecule has 0 atom stereocenters. The molecule has 158 valence electrons. The Kier molecular flexibility index (Phi) is 5.79. The van der Waals surface area contributed by atoms with Crippen molar-refractivity contribution in [1.29, 1.82) is 0 Å². The first-order chi connectivity index (χ1) is 14.4. The predicted octanol–water partition coefficient (Wildman–Crippen LogP) is 3.89. The topological polar surface area (TPSA) is 91.4 Å². The molecule has 1 aliphatic carbocycles. The van der Waals surface area contributed by atoms with Crippen LogP contribution >= 0.6 is 22.9 Å². The van der Waals surface area contributed by atoms with Crippen LogP contribution in [0.2, 0.25) is 5.02 Å². The van der Waals surface area contributed by atoms with Gasteiger partial charge >= 0.3 is 6.03 Å². The van der Waals surface area contributed by atoms with Crippen LogP contribution < -0.4 is 10.6 Å². The highest BCUT2D eigenvalue weighted by molar-refractivity contribution is 7.15. The van der Waals surface area contributed by atoms with Gasteiger partial charge in [-0.3, -0.25) is 14.5 Å². The van der Waals surface area contributed by atoms with Crippen molar-refractivity contribution in [3.63, 3.8) is 0 Å². The van der Waals surface area contributed by atoms with Gasteiger partial charge in [0, 0.05) is 35.5 Å². The molecule has 1 aromatic heterocycles. The van der Waals surface area contributed by atoms with E-state index >= 15 is 0 Å². The van der Waals surface area contributed by atoms with E-state index in [0.717, 1.165) is 33.9 Å². The highest BCUT2D eigenvalue weighted by Gasteiger charge is 2.52. The second-order valence-corrected chi connectivity index (χ2v) is 9.39. The molecule has 4 amide bonds. The predicted molar refractivity (Wildman–Crippen MR) is 116 cm³/mol. The zero-order chi connectivity index (χ0) is 21.3. The van der Waals surface area contributed by atoms with Crippen LogP contribution in [0, 0.1) is 6.92 Å². The summed E-state index contributed by atoms with van der Waals surface area (Å²) in [5, 5.41) is 6.80. The Balaban J connectivity index is 1.30. The van der Waals surface area contributed by atoms with Crippen molar-refractivity contribution in [3.8, 4) is 0 Å². The molecule has 1 aliphatic heterocycles. The summed E-state index contributed by atoms with van der Waals surface area (Å²) in [6, 6.07) is 5.54. The van der Waals surface area contributed by atoms with Gasteiger partial charge in [0.2, 0.25) is 5.91 Å².